The van der Waals surface area contributed by atoms with Crippen molar-refractivity contribution in [2.45, 2.75) is 10.7 Å². The molecule has 0 aliphatic heterocycles. The lowest BCUT2D eigenvalue weighted by molar-refractivity contribution is 0.737. The summed E-state index contributed by atoms with van der Waals surface area (Å²) in [5, 5.41) is 2.26. The Kier molecular flexibility index (Phi) is 4.73. The van der Waals surface area contributed by atoms with Gasteiger partial charge < -0.3 is 10.6 Å². The third kappa shape index (κ3) is 3.03. The van der Waals surface area contributed by atoms with E-state index in [1.807, 2.05) is 0 Å². The molecule has 12 radical (unpaired) electrons. The van der Waals surface area contributed by atoms with Crippen molar-refractivity contribution in [3.63, 3.8) is 0 Å². The van der Waals surface area contributed by atoms with E-state index in [1.54, 1.807) is 0 Å². The summed E-state index contributed by atoms with van der Waals surface area (Å²) < 4.78 is 0. The van der Waals surface area contributed by atoms with Crippen LogP contribution in [0.3, 0.4) is 0 Å². The summed E-state index contributed by atoms with van der Waals surface area (Å²) in [6.45, 7) is 0. The van der Waals surface area contributed by atoms with Gasteiger partial charge in [-0.1, -0.05) is 0 Å². The first-order valence-electron chi connectivity index (χ1n) is 3.98. The summed E-state index contributed by atoms with van der Waals surface area (Å²) >= 11 is 0. The van der Waals surface area contributed by atoms with Gasteiger partial charge in [0.2, 0.25) is 0 Å². The van der Waals surface area contributed by atoms with Crippen LogP contribution >= 0.6 is 0 Å². The molecule has 14 heavy (non-hydrogen) atoms. The zero-order valence-corrected chi connectivity index (χ0v) is 8.46. The maximum Gasteiger partial charge on any atom is 0.106 e. The van der Waals surface area contributed by atoms with Crippen LogP contribution in [0.25, 0.3) is 0 Å². The van der Waals surface area contributed by atoms with Gasteiger partial charge in [0.1, 0.15) is 15.7 Å². The molecule has 0 fully saturated rings. The Morgan fingerprint density at radius 2 is 1.00 bits per heavy atom. The van der Waals surface area contributed by atoms with Gasteiger partial charge in [-0.15, -0.1) is 10.9 Å². The molecule has 0 aromatic rings. The molecule has 0 aliphatic rings. The minimum absolute atomic E-state index is 0.0145. The van der Waals surface area contributed by atoms with E-state index < -0.39 is 10.7 Å². The van der Waals surface area contributed by atoms with Crippen LogP contribution in [0.2, 0.25) is 0 Å². The number of hydrogen-bond acceptors (Lipinski definition) is 2. The van der Waals surface area contributed by atoms with Crippen LogP contribution in [-0.2, 0) is 0 Å². The van der Waals surface area contributed by atoms with Gasteiger partial charge >= 0.3 is 0 Å². The minimum atomic E-state index is -1.44. The first-order valence-corrected chi connectivity index (χ1v) is 3.98. The molecule has 0 bridgehead atoms. The summed E-state index contributed by atoms with van der Waals surface area (Å²) in [4.78, 5) is 0. The molecule has 8 heteroatoms. The average Bonchev–Trinajstić information content (AvgIpc) is 2.15. The van der Waals surface area contributed by atoms with Crippen molar-refractivity contribution in [1.82, 2.24) is 10.6 Å². The van der Waals surface area contributed by atoms with E-state index in [0.29, 0.717) is 0 Å². The molecule has 0 aromatic heterocycles. The third-order valence-corrected chi connectivity index (χ3v) is 2.01. The second-order valence-corrected chi connectivity index (χ2v) is 3.07. The van der Waals surface area contributed by atoms with E-state index in [4.69, 9.17) is 47.1 Å². The van der Waals surface area contributed by atoms with Crippen molar-refractivity contribution in [3.8, 4) is 0 Å². The molecule has 60 valence electrons. The van der Waals surface area contributed by atoms with E-state index in [0.717, 1.165) is 0 Å². The lowest BCUT2D eigenvalue weighted by atomic mass is 9.44. The zero-order valence-electron chi connectivity index (χ0n) is 8.46. The highest BCUT2D eigenvalue weighted by molar-refractivity contribution is 6.54. The van der Waals surface area contributed by atoms with Crippen LogP contribution in [0, 0.1) is 0 Å². The van der Waals surface area contributed by atoms with Crippen LogP contribution in [0.5, 0.6) is 0 Å². The Balaban J connectivity index is 5.12. The van der Waals surface area contributed by atoms with Gasteiger partial charge in [-0.2, -0.15) is 0 Å². The highest BCUT2D eigenvalue weighted by atomic mass is 14.9. The van der Waals surface area contributed by atoms with Crippen molar-refractivity contribution < 1.29 is 0 Å². The molecule has 0 atom stereocenters. The molecule has 0 rings (SSSR count). The quantitative estimate of drug-likeness (QED) is 0.441. The smallest absolute Gasteiger partial charge is 0.106 e. The number of hydrogen-bond donors (Lipinski definition) is 2. The molecule has 0 aromatic carbocycles. The Morgan fingerprint density at radius 1 is 0.786 bits per heavy atom. The van der Waals surface area contributed by atoms with Crippen molar-refractivity contribution >= 4 is 47.1 Å². The largest absolute Gasteiger partial charge is 0.328 e. The summed E-state index contributed by atoms with van der Waals surface area (Å²) in [6, 6.07) is 0. The van der Waals surface area contributed by atoms with Crippen molar-refractivity contribution in [3.05, 3.63) is 10.9 Å². The summed E-state index contributed by atoms with van der Waals surface area (Å²) in [6.07, 6.45) is 0. The summed E-state index contributed by atoms with van der Waals surface area (Å²) in [7, 11) is 36.6. The molecule has 0 saturated carbocycles. The van der Waals surface area contributed by atoms with Crippen LogP contribution in [0.4, 0.5) is 0 Å². The number of likely N-dealkylation sites (N-methyl/N-ethyl adjacent to an activating group) is 2. The van der Waals surface area contributed by atoms with Gasteiger partial charge in [0.15, 0.2) is 0 Å². The second-order valence-electron chi connectivity index (χ2n) is 3.07. The average molecular weight is 173 g/mol. The molecular weight excluding hydrogens is 165 g/mol. The van der Waals surface area contributed by atoms with Crippen LogP contribution in [0.15, 0.2) is 10.9 Å². The minimum Gasteiger partial charge on any atom is -0.328 e. The van der Waals surface area contributed by atoms with Gasteiger partial charge in [0.25, 0.3) is 0 Å². The Hall–Kier alpha value is 0.0496. The lowest BCUT2D eigenvalue weighted by Crippen LogP contribution is -2.52. The molecule has 2 N–H and O–H groups in total. The van der Waals surface area contributed by atoms with Crippen molar-refractivity contribution in [1.29, 1.82) is 0 Å². The van der Waals surface area contributed by atoms with E-state index in [-0.39, 0.29) is 10.9 Å². The number of rotatable bonds is 4. The first-order chi connectivity index (χ1) is 6.19. The summed E-state index contributed by atoms with van der Waals surface area (Å²) in [5.41, 5.74) is -0.0290. The maximum atomic E-state index is 5.61. The van der Waals surface area contributed by atoms with Gasteiger partial charge in [-0.3, -0.25) is 0 Å². The predicted octanol–water partition coefficient (Wildman–Crippen LogP) is -3.04. The van der Waals surface area contributed by atoms with Crippen molar-refractivity contribution in [2.75, 3.05) is 14.1 Å². The zero-order chi connectivity index (χ0) is 11.6. The highest BCUT2D eigenvalue weighted by Crippen LogP contribution is 2.15. The monoisotopic (exact) mass is 174 g/mol. The van der Waals surface area contributed by atoms with Gasteiger partial charge in [0.05, 0.1) is 31.4 Å². The summed E-state index contributed by atoms with van der Waals surface area (Å²) in [5.74, 6) is 0. The SMILES string of the molecule is [B]/C(=C(/[B])C([B])([B])NC)C([B])([B])NC. The molecule has 0 aliphatic carbocycles. The van der Waals surface area contributed by atoms with E-state index >= 15 is 0 Å². The Labute approximate surface area is 93.9 Å². The Morgan fingerprint density at radius 3 is 1.14 bits per heavy atom. The van der Waals surface area contributed by atoms with Crippen LogP contribution in [0.1, 0.15) is 0 Å². The molecular formula is C6H8B6N2. The molecule has 0 saturated heterocycles. The van der Waals surface area contributed by atoms with Gasteiger partial charge in [-0.05, 0) is 24.8 Å². The number of nitrogens with one attached hydrogen (secondary N) is 2. The molecule has 0 heterocycles. The maximum absolute atomic E-state index is 5.61. The lowest BCUT2D eigenvalue weighted by Gasteiger charge is -2.37. The van der Waals surface area contributed by atoms with Crippen molar-refractivity contribution in [2.24, 2.45) is 0 Å². The highest BCUT2D eigenvalue weighted by Gasteiger charge is 2.23. The normalized spacial score (nSPS) is 15.0. The van der Waals surface area contributed by atoms with Crippen LogP contribution < -0.4 is 10.6 Å². The van der Waals surface area contributed by atoms with E-state index in [2.05, 4.69) is 10.6 Å². The van der Waals surface area contributed by atoms with Gasteiger partial charge in [-0.25, -0.2) is 0 Å². The van der Waals surface area contributed by atoms with E-state index in [1.165, 1.54) is 14.1 Å². The fourth-order valence-electron chi connectivity index (χ4n) is 0.715. The fraction of sp³-hybridized carbons (Fsp3) is 0.667. The van der Waals surface area contributed by atoms with Gasteiger partial charge in [0, 0.05) is 0 Å². The standard InChI is InChI=1S/C6H8B6N2/c1-13-5(9,10)3(7)4(8)6(11,12)14-2/h13-14H,1-2H3/b4-3+. The molecule has 0 amide bonds. The topological polar surface area (TPSA) is 24.1 Å². The van der Waals surface area contributed by atoms with Crippen LogP contribution in [-0.4, -0.2) is 71.8 Å². The molecule has 2 nitrogen and oxygen atoms in total. The second kappa shape index (κ2) is 4.71. The molecule has 0 spiro atoms. The molecule has 0 unspecified atom stereocenters. The Bertz CT molecular complexity index is 212. The van der Waals surface area contributed by atoms with E-state index in [9.17, 15) is 0 Å². The predicted molar refractivity (Wildman–Crippen MR) is 65.1 cm³/mol. The fourth-order valence-corrected chi connectivity index (χ4v) is 0.715. The third-order valence-electron chi connectivity index (χ3n) is 2.01. The first kappa shape index (κ1) is 14.0.